The molecule has 8 nitrogen and oxygen atoms in total. The predicted octanol–water partition coefficient (Wildman–Crippen LogP) is 0.577. The number of hydrogen-bond donors (Lipinski definition) is 4. The molecule has 3 atom stereocenters. The molecule has 0 spiro atoms. The summed E-state index contributed by atoms with van der Waals surface area (Å²) in [6.45, 7) is 2.58. The van der Waals surface area contributed by atoms with E-state index < -0.39 is 18.4 Å². The summed E-state index contributed by atoms with van der Waals surface area (Å²) in [5.74, 6) is 0.424. The summed E-state index contributed by atoms with van der Waals surface area (Å²) in [4.78, 5) is 19.3. The van der Waals surface area contributed by atoms with Gasteiger partial charge in [0.1, 0.15) is 12.3 Å². The Hall–Kier alpha value is -1.90. The van der Waals surface area contributed by atoms with E-state index in [1.807, 2.05) is 0 Å². The molecular formula is C15H22N4O4. The molecule has 23 heavy (non-hydrogen) atoms. The number of aromatic amines is 1. The zero-order chi connectivity index (χ0) is 16.4. The lowest BCUT2D eigenvalue weighted by Crippen LogP contribution is -2.24. The monoisotopic (exact) mass is 322 g/mol. The van der Waals surface area contributed by atoms with Crippen molar-refractivity contribution in [2.45, 2.75) is 44.6 Å². The SMILES string of the molecule is CCCCNc1nc2c(ccn2C2CC(O)C(CO)O2)c(=O)[nH]1. The first kappa shape index (κ1) is 16.0. The van der Waals surface area contributed by atoms with E-state index in [4.69, 9.17) is 4.74 Å². The Kier molecular flexibility index (Phi) is 4.65. The van der Waals surface area contributed by atoms with E-state index in [9.17, 15) is 15.0 Å². The summed E-state index contributed by atoms with van der Waals surface area (Å²) in [5, 5.41) is 22.7. The molecular weight excluding hydrogens is 300 g/mol. The molecule has 8 heteroatoms. The zero-order valence-corrected chi connectivity index (χ0v) is 13.0. The van der Waals surface area contributed by atoms with E-state index >= 15 is 0 Å². The average Bonchev–Trinajstić information content (AvgIpc) is 3.11. The van der Waals surface area contributed by atoms with Crippen LogP contribution in [-0.4, -0.2) is 50.1 Å². The largest absolute Gasteiger partial charge is 0.394 e. The van der Waals surface area contributed by atoms with Crippen LogP contribution in [0.4, 0.5) is 5.95 Å². The minimum absolute atomic E-state index is 0.218. The van der Waals surface area contributed by atoms with Gasteiger partial charge >= 0.3 is 0 Å². The summed E-state index contributed by atoms with van der Waals surface area (Å²) in [5.41, 5.74) is 0.286. The summed E-state index contributed by atoms with van der Waals surface area (Å²) < 4.78 is 7.37. The fourth-order valence-electron chi connectivity index (χ4n) is 2.79. The maximum Gasteiger partial charge on any atom is 0.261 e. The third-order valence-electron chi connectivity index (χ3n) is 4.10. The van der Waals surface area contributed by atoms with Crippen molar-refractivity contribution in [3.63, 3.8) is 0 Å². The number of nitrogens with one attached hydrogen (secondary N) is 2. The quantitative estimate of drug-likeness (QED) is 0.579. The first-order valence-corrected chi connectivity index (χ1v) is 7.93. The molecule has 0 amide bonds. The Balaban J connectivity index is 1.91. The molecule has 1 fully saturated rings. The van der Waals surface area contributed by atoms with Crippen molar-refractivity contribution in [1.29, 1.82) is 0 Å². The maximum atomic E-state index is 12.2. The lowest BCUT2D eigenvalue weighted by atomic mass is 10.2. The highest BCUT2D eigenvalue weighted by molar-refractivity contribution is 5.76. The van der Waals surface area contributed by atoms with Crippen LogP contribution in [0.25, 0.3) is 11.0 Å². The molecule has 3 rings (SSSR count). The van der Waals surface area contributed by atoms with E-state index in [1.165, 1.54) is 0 Å². The van der Waals surface area contributed by atoms with Gasteiger partial charge in [0, 0.05) is 19.2 Å². The molecule has 1 aliphatic heterocycles. The van der Waals surface area contributed by atoms with Crippen LogP contribution in [-0.2, 0) is 4.74 Å². The molecule has 1 aliphatic rings. The van der Waals surface area contributed by atoms with Crippen LogP contribution in [0, 0.1) is 0 Å². The summed E-state index contributed by atoms with van der Waals surface area (Å²) in [6.07, 6.45) is 2.32. The van der Waals surface area contributed by atoms with Gasteiger partial charge in [0.05, 0.1) is 18.1 Å². The normalized spacial score (nSPS) is 24.4. The fourth-order valence-corrected chi connectivity index (χ4v) is 2.79. The van der Waals surface area contributed by atoms with Crippen molar-refractivity contribution < 1.29 is 14.9 Å². The molecule has 3 unspecified atom stereocenters. The Bertz CT molecular complexity index is 726. The highest BCUT2D eigenvalue weighted by atomic mass is 16.5. The van der Waals surface area contributed by atoms with Gasteiger partial charge in [-0.25, -0.2) is 0 Å². The number of unbranched alkanes of at least 4 members (excludes halogenated alkanes) is 1. The summed E-state index contributed by atoms with van der Waals surface area (Å²) in [6, 6.07) is 1.68. The first-order valence-electron chi connectivity index (χ1n) is 7.93. The second kappa shape index (κ2) is 6.69. The van der Waals surface area contributed by atoms with Gasteiger partial charge in [-0.1, -0.05) is 13.3 Å². The number of ether oxygens (including phenoxy) is 1. The lowest BCUT2D eigenvalue weighted by molar-refractivity contribution is -0.0430. The minimum Gasteiger partial charge on any atom is -0.394 e. The minimum atomic E-state index is -0.730. The number of aromatic nitrogens is 3. The van der Waals surface area contributed by atoms with Gasteiger partial charge in [-0.15, -0.1) is 0 Å². The number of rotatable bonds is 6. The second-order valence-corrected chi connectivity index (χ2v) is 5.77. The van der Waals surface area contributed by atoms with Crippen LogP contribution in [0.1, 0.15) is 32.4 Å². The van der Waals surface area contributed by atoms with Crippen LogP contribution < -0.4 is 10.9 Å². The Morgan fingerprint density at radius 2 is 2.39 bits per heavy atom. The molecule has 1 saturated heterocycles. The van der Waals surface area contributed by atoms with E-state index in [1.54, 1.807) is 16.8 Å². The van der Waals surface area contributed by atoms with Crippen LogP contribution in [0.5, 0.6) is 0 Å². The van der Waals surface area contributed by atoms with Gasteiger partial charge in [-0.3, -0.25) is 9.78 Å². The maximum absolute atomic E-state index is 12.2. The zero-order valence-electron chi connectivity index (χ0n) is 13.0. The standard InChI is InChI=1S/C15H22N4O4/c1-2-3-5-16-15-17-13-9(14(22)18-15)4-6-19(13)12-7-10(21)11(8-20)23-12/h4,6,10-12,20-21H,2-3,5,7-8H2,1H3,(H2,16,17,18,22). The molecule has 0 aromatic carbocycles. The van der Waals surface area contributed by atoms with Crippen LogP contribution in [0.3, 0.4) is 0 Å². The third kappa shape index (κ3) is 3.10. The Morgan fingerprint density at radius 1 is 1.57 bits per heavy atom. The molecule has 2 aromatic heterocycles. The van der Waals surface area contributed by atoms with Gasteiger partial charge < -0.3 is 24.8 Å². The van der Waals surface area contributed by atoms with Crippen LogP contribution in [0.15, 0.2) is 17.1 Å². The van der Waals surface area contributed by atoms with E-state index in [0.717, 1.165) is 19.4 Å². The number of H-pyrrole nitrogens is 1. The number of hydrogen-bond acceptors (Lipinski definition) is 6. The number of fused-ring (bicyclic) bond motifs is 1. The lowest BCUT2D eigenvalue weighted by Gasteiger charge is -2.14. The first-order chi connectivity index (χ1) is 11.1. The molecule has 0 aliphatic carbocycles. The van der Waals surface area contributed by atoms with E-state index in [2.05, 4.69) is 22.2 Å². The summed E-state index contributed by atoms with van der Waals surface area (Å²) in [7, 11) is 0. The van der Waals surface area contributed by atoms with Crippen LogP contribution >= 0.6 is 0 Å². The van der Waals surface area contributed by atoms with Crippen molar-refractivity contribution in [2.24, 2.45) is 0 Å². The molecule has 0 bridgehead atoms. The number of aliphatic hydroxyl groups excluding tert-OH is 2. The second-order valence-electron chi connectivity index (χ2n) is 5.77. The van der Waals surface area contributed by atoms with Gasteiger partial charge in [0.25, 0.3) is 5.56 Å². The third-order valence-corrected chi connectivity index (χ3v) is 4.10. The fraction of sp³-hybridized carbons (Fsp3) is 0.600. The Labute approximate surface area is 133 Å². The van der Waals surface area contributed by atoms with Crippen LogP contribution in [0.2, 0.25) is 0 Å². The van der Waals surface area contributed by atoms with Gasteiger partial charge in [0.2, 0.25) is 5.95 Å². The molecule has 4 N–H and O–H groups in total. The number of anilines is 1. The average molecular weight is 322 g/mol. The smallest absolute Gasteiger partial charge is 0.261 e. The van der Waals surface area contributed by atoms with Crippen molar-refractivity contribution >= 4 is 17.0 Å². The predicted molar refractivity (Wildman–Crippen MR) is 85.4 cm³/mol. The molecule has 126 valence electrons. The number of nitrogens with zero attached hydrogens (tertiary/aromatic N) is 2. The topological polar surface area (TPSA) is 112 Å². The van der Waals surface area contributed by atoms with E-state index in [-0.39, 0.29) is 12.2 Å². The van der Waals surface area contributed by atoms with Crippen molar-refractivity contribution in [3.8, 4) is 0 Å². The Morgan fingerprint density at radius 3 is 3.09 bits per heavy atom. The van der Waals surface area contributed by atoms with Gasteiger partial charge in [-0.05, 0) is 12.5 Å². The molecule has 0 radical (unpaired) electrons. The van der Waals surface area contributed by atoms with Crippen molar-refractivity contribution in [3.05, 3.63) is 22.6 Å². The van der Waals surface area contributed by atoms with E-state index in [0.29, 0.717) is 23.4 Å². The molecule has 3 heterocycles. The number of aliphatic hydroxyl groups is 2. The van der Waals surface area contributed by atoms with Crippen molar-refractivity contribution in [1.82, 2.24) is 14.5 Å². The molecule has 2 aromatic rings. The van der Waals surface area contributed by atoms with Gasteiger partial charge in [-0.2, -0.15) is 4.98 Å². The van der Waals surface area contributed by atoms with Gasteiger partial charge in [0.15, 0.2) is 5.65 Å². The highest BCUT2D eigenvalue weighted by Gasteiger charge is 2.35. The van der Waals surface area contributed by atoms with Crippen molar-refractivity contribution in [2.75, 3.05) is 18.5 Å². The highest BCUT2D eigenvalue weighted by Crippen LogP contribution is 2.30. The molecule has 0 saturated carbocycles. The summed E-state index contributed by atoms with van der Waals surface area (Å²) >= 11 is 0.